The molecule has 0 aliphatic rings. The number of nitrogens with zero attached hydrogens (tertiary/aromatic N) is 4. The Labute approximate surface area is 280 Å². The van der Waals surface area contributed by atoms with Crippen molar-refractivity contribution in [2.45, 2.75) is 0 Å². The minimum absolute atomic E-state index is 0.601. The molecule has 48 heavy (non-hydrogen) atoms. The van der Waals surface area contributed by atoms with Gasteiger partial charge in [0.1, 0.15) is 0 Å². The van der Waals surface area contributed by atoms with Gasteiger partial charge in [-0.3, -0.25) is 4.98 Å². The molecule has 2 aromatic heterocycles. The SMILES string of the molecule is c1ccc(-c2ccc(-c3nc(-c4ccc(-c5ccccc5)cc4)nc(-c4cc(-c5ccccc5)cc(-c5ccccn5)c4)n3)cc2)cc1. The van der Waals surface area contributed by atoms with Gasteiger partial charge >= 0.3 is 0 Å². The van der Waals surface area contributed by atoms with Crippen LogP contribution in [0.25, 0.3) is 78.8 Å². The maximum atomic E-state index is 5.09. The average molecular weight is 615 g/mol. The molecule has 6 aromatic carbocycles. The summed E-state index contributed by atoms with van der Waals surface area (Å²) in [6.07, 6.45) is 1.82. The van der Waals surface area contributed by atoms with Gasteiger partial charge in [0, 0.05) is 28.5 Å². The zero-order valence-corrected chi connectivity index (χ0v) is 26.1. The molecular weight excluding hydrogens is 585 g/mol. The number of hydrogen-bond acceptors (Lipinski definition) is 4. The Bertz CT molecular complexity index is 2130. The van der Waals surface area contributed by atoms with Crippen LogP contribution in [0.5, 0.6) is 0 Å². The van der Waals surface area contributed by atoms with Crippen molar-refractivity contribution in [2.75, 3.05) is 0 Å². The van der Waals surface area contributed by atoms with Crippen LogP contribution in [0, 0.1) is 0 Å². The Morgan fingerprint density at radius 1 is 0.250 bits per heavy atom. The molecule has 0 aliphatic heterocycles. The second kappa shape index (κ2) is 13.1. The van der Waals surface area contributed by atoms with Crippen LogP contribution < -0.4 is 0 Å². The molecule has 0 bridgehead atoms. The van der Waals surface area contributed by atoms with E-state index in [-0.39, 0.29) is 0 Å². The first-order valence-corrected chi connectivity index (χ1v) is 16.0. The highest BCUT2D eigenvalue weighted by Crippen LogP contribution is 2.33. The third kappa shape index (κ3) is 6.15. The van der Waals surface area contributed by atoms with E-state index in [4.69, 9.17) is 15.0 Å². The van der Waals surface area contributed by atoms with E-state index in [2.05, 4.69) is 145 Å². The molecule has 8 aromatic rings. The third-order valence-corrected chi connectivity index (χ3v) is 8.39. The quantitative estimate of drug-likeness (QED) is 0.179. The van der Waals surface area contributed by atoms with Gasteiger partial charge in [0.25, 0.3) is 0 Å². The van der Waals surface area contributed by atoms with Crippen LogP contribution in [-0.4, -0.2) is 19.9 Å². The summed E-state index contributed by atoms with van der Waals surface area (Å²) in [4.78, 5) is 19.9. The highest BCUT2D eigenvalue weighted by molar-refractivity contribution is 5.80. The van der Waals surface area contributed by atoms with Gasteiger partial charge in [0.15, 0.2) is 17.5 Å². The molecule has 226 valence electrons. The molecule has 4 heteroatoms. The zero-order chi connectivity index (χ0) is 32.1. The molecule has 0 amide bonds. The number of pyridine rings is 1. The highest BCUT2D eigenvalue weighted by atomic mass is 15.0. The minimum Gasteiger partial charge on any atom is -0.256 e. The Balaban J connectivity index is 1.28. The molecule has 0 saturated heterocycles. The van der Waals surface area contributed by atoms with Crippen LogP contribution in [0.1, 0.15) is 0 Å². The fourth-order valence-corrected chi connectivity index (χ4v) is 5.88. The van der Waals surface area contributed by atoms with Crippen LogP contribution in [0.15, 0.2) is 182 Å². The molecule has 0 aliphatic carbocycles. The summed E-state index contributed by atoms with van der Waals surface area (Å²) in [5.74, 6) is 1.83. The molecule has 0 fully saturated rings. The van der Waals surface area contributed by atoms with E-state index >= 15 is 0 Å². The second-order valence-corrected chi connectivity index (χ2v) is 11.6. The second-order valence-electron chi connectivity index (χ2n) is 11.6. The fourth-order valence-electron chi connectivity index (χ4n) is 5.88. The summed E-state index contributed by atoms with van der Waals surface area (Å²) in [5.41, 5.74) is 11.4. The van der Waals surface area contributed by atoms with E-state index < -0.39 is 0 Å². The topological polar surface area (TPSA) is 51.6 Å². The van der Waals surface area contributed by atoms with Gasteiger partial charge in [-0.2, -0.15) is 0 Å². The lowest BCUT2D eigenvalue weighted by Gasteiger charge is -2.12. The van der Waals surface area contributed by atoms with E-state index in [1.165, 1.54) is 11.1 Å². The van der Waals surface area contributed by atoms with Crippen molar-refractivity contribution in [3.8, 4) is 78.8 Å². The predicted molar refractivity (Wildman–Crippen MR) is 196 cm³/mol. The molecule has 0 unspecified atom stereocenters. The van der Waals surface area contributed by atoms with Crippen molar-refractivity contribution in [1.29, 1.82) is 0 Å². The lowest BCUT2D eigenvalue weighted by atomic mass is 9.97. The number of benzene rings is 6. The summed E-state index contributed by atoms with van der Waals surface area (Å²) in [6, 6.07) is 60.4. The standard InChI is InChI=1S/C44H30N4/c1-4-12-31(13-5-1)34-19-23-36(24-20-34)42-46-43(37-25-21-35(22-26-37)32-14-6-2-7-15-32)48-44(47-42)40-29-38(33-16-8-3-9-17-33)28-39(30-40)41-18-10-11-27-45-41/h1-30H. The molecule has 2 heterocycles. The van der Waals surface area contributed by atoms with Gasteiger partial charge < -0.3 is 0 Å². The van der Waals surface area contributed by atoms with Gasteiger partial charge in [-0.25, -0.2) is 15.0 Å². The van der Waals surface area contributed by atoms with E-state index in [9.17, 15) is 0 Å². The molecule has 0 saturated carbocycles. The Kier molecular flexibility index (Phi) is 7.87. The lowest BCUT2D eigenvalue weighted by molar-refractivity contribution is 1.07. The zero-order valence-electron chi connectivity index (χ0n) is 26.1. The Morgan fingerprint density at radius 2 is 0.604 bits per heavy atom. The Hall–Kier alpha value is -6.52. The monoisotopic (exact) mass is 614 g/mol. The van der Waals surface area contributed by atoms with Crippen LogP contribution in [-0.2, 0) is 0 Å². The molecule has 0 N–H and O–H groups in total. The number of aromatic nitrogens is 4. The lowest BCUT2D eigenvalue weighted by Crippen LogP contribution is -2.01. The molecule has 0 atom stereocenters. The van der Waals surface area contributed by atoms with Crippen LogP contribution in [0.3, 0.4) is 0 Å². The van der Waals surface area contributed by atoms with Crippen molar-refractivity contribution in [3.05, 3.63) is 182 Å². The van der Waals surface area contributed by atoms with Gasteiger partial charge in [-0.05, 0) is 63.7 Å². The Morgan fingerprint density at radius 3 is 1.06 bits per heavy atom. The summed E-state index contributed by atoms with van der Waals surface area (Å²) in [5, 5.41) is 0. The van der Waals surface area contributed by atoms with Crippen LogP contribution in [0.2, 0.25) is 0 Å². The van der Waals surface area contributed by atoms with Gasteiger partial charge in [0.05, 0.1) is 5.69 Å². The van der Waals surface area contributed by atoms with Crippen LogP contribution >= 0.6 is 0 Å². The normalized spacial score (nSPS) is 10.9. The van der Waals surface area contributed by atoms with Gasteiger partial charge in [-0.1, -0.05) is 146 Å². The fraction of sp³-hybridized carbons (Fsp3) is 0. The summed E-state index contributed by atoms with van der Waals surface area (Å²) < 4.78 is 0. The first kappa shape index (κ1) is 28.9. The van der Waals surface area contributed by atoms with E-state index in [1.54, 1.807) is 0 Å². The number of rotatable bonds is 7. The van der Waals surface area contributed by atoms with Crippen molar-refractivity contribution < 1.29 is 0 Å². The molecule has 0 radical (unpaired) electrons. The first-order chi connectivity index (χ1) is 23.8. The van der Waals surface area contributed by atoms with Crippen molar-refractivity contribution in [1.82, 2.24) is 19.9 Å². The van der Waals surface area contributed by atoms with E-state index in [0.717, 1.165) is 50.2 Å². The summed E-state index contributed by atoms with van der Waals surface area (Å²) >= 11 is 0. The molecule has 4 nitrogen and oxygen atoms in total. The molecule has 0 spiro atoms. The largest absolute Gasteiger partial charge is 0.256 e. The summed E-state index contributed by atoms with van der Waals surface area (Å²) in [7, 11) is 0. The van der Waals surface area contributed by atoms with Crippen molar-refractivity contribution >= 4 is 0 Å². The minimum atomic E-state index is 0.601. The first-order valence-electron chi connectivity index (χ1n) is 16.0. The van der Waals surface area contributed by atoms with Gasteiger partial charge in [0.2, 0.25) is 0 Å². The van der Waals surface area contributed by atoms with Crippen molar-refractivity contribution in [3.63, 3.8) is 0 Å². The average Bonchev–Trinajstić information content (AvgIpc) is 3.19. The smallest absolute Gasteiger partial charge is 0.164 e. The predicted octanol–water partition coefficient (Wildman–Crippen LogP) is 10.9. The third-order valence-electron chi connectivity index (χ3n) is 8.39. The van der Waals surface area contributed by atoms with E-state index in [0.29, 0.717) is 17.5 Å². The van der Waals surface area contributed by atoms with Gasteiger partial charge in [-0.15, -0.1) is 0 Å². The highest BCUT2D eigenvalue weighted by Gasteiger charge is 2.15. The van der Waals surface area contributed by atoms with Crippen molar-refractivity contribution in [2.24, 2.45) is 0 Å². The maximum absolute atomic E-state index is 5.09. The maximum Gasteiger partial charge on any atom is 0.164 e. The molecular formula is C44H30N4. The van der Waals surface area contributed by atoms with E-state index in [1.807, 2.05) is 42.6 Å². The summed E-state index contributed by atoms with van der Waals surface area (Å²) in [6.45, 7) is 0. The molecule has 8 rings (SSSR count). The van der Waals surface area contributed by atoms with Crippen LogP contribution in [0.4, 0.5) is 0 Å². The number of hydrogen-bond donors (Lipinski definition) is 0.